The Morgan fingerprint density at radius 2 is 2.07 bits per heavy atom. The fraction of sp³-hybridized carbons (Fsp3) is 0.273. The molecule has 0 saturated heterocycles. The van der Waals surface area contributed by atoms with E-state index in [1.54, 1.807) is 6.07 Å². The van der Waals surface area contributed by atoms with Crippen molar-refractivity contribution >= 4 is 11.0 Å². The second-order valence-electron chi connectivity index (χ2n) is 3.47. The molecule has 1 aromatic heterocycles. The van der Waals surface area contributed by atoms with Crippen molar-refractivity contribution in [3.8, 4) is 0 Å². The maximum atomic E-state index is 13.3. The van der Waals surface area contributed by atoms with Crippen molar-refractivity contribution in [1.29, 1.82) is 0 Å². The minimum atomic E-state index is -0.695. The highest BCUT2D eigenvalue weighted by atomic mass is 19.1. The van der Waals surface area contributed by atoms with Gasteiger partial charge in [0.15, 0.2) is 11.4 Å². The Bertz CT molecular complexity index is 493. The number of fused-ring (bicyclic) bond motifs is 1. The van der Waals surface area contributed by atoms with E-state index in [2.05, 4.69) is 0 Å². The molecule has 2 rings (SSSR count). The van der Waals surface area contributed by atoms with Gasteiger partial charge in [0.1, 0.15) is 11.6 Å². The fourth-order valence-corrected chi connectivity index (χ4v) is 1.48. The van der Waals surface area contributed by atoms with E-state index in [1.807, 2.05) is 6.92 Å². The number of halogens is 2. The first-order chi connectivity index (χ1) is 7.11. The Morgan fingerprint density at radius 1 is 1.33 bits per heavy atom. The van der Waals surface area contributed by atoms with E-state index in [4.69, 9.17) is 10.2 Å². The van der Waals surface area contributed by atoms with Crippen molar-refractivity contribution in [3.63, 3.8) is 0 Å². The third-order valence-corrected chi connectivity index (χ3v) is 2.36. The van der Waals surface area contributed by atoms with Gasteiger partial charge >= 0.3 is 0 Å². The highest BCUT2D eigenvalue weighted by molar-refractivity contribution is 5.78. The van der Waals surface area contributed by atoms with E-state index in [1.165, 1.54) is 6.07 Å². The maximum Gasteiger partial charge on any atom is 0.170 e. The van der Waals surface area contributed by atoms with Gasteiger partial charge in [-0.3, -0.25) is 0 Å². The molecule has 1 atom stereocenters. The van der Waals surface area contributed by atoms with Crippen molar-refractivity contribution in [2.75, 3.05) is 0 Å². The van der Waals surface area contributed by atoms with Gasteiger partial charge in [0.05, 0.1) is 6.04 Å². The average Bonchev–Trinajstić information content (AvgIpc) is 2.60. The highest BCUT2D eigenvalue weighted by Crippen LogP contribution is 2.27. The van der Waals surface area contributed by atoms with Crippen molar-refractivity contribution in [3.05, 3.63) is 35.6 Å². The number of benzene rings is 1. The number of nitrogens with two attached hydrogens (primary N) is 1. The van der Waals surface area contributed by atoms with Crippen LogP contribution in [0.1, 0.15) is 25.1 Å². The summed E-state index contributed by atoms with van der Waals surface area (Å²) in [5, 5.41) is 0.409. The summed E-state index contributed by atoms with van der Waals surface area (Å²) in [7, 11) is 0. The summed E-state index contributed by atoms with van der Waals surface area (Å²) < 4.78 is 31.4. The Morgan fingerprint density at radius 3 is 2.73 bits per heavy atom. The molecule has 2 aromatic rings. The zero-order chi connectivity index (χ0) is 11.0. The molecule has 80 valence electrons. The predicted octanol–water partition coefficient (Wildman–Crippen LogP) is 3.12. The number of hydrogen-bond acceptors (Lipinski definition) is 2. The molecule has 15 heavy (non-hydrogen) atoms. The normalized spacial score (nSPS) is 13.3. The van der Waals surface area contributed by atoms with Crippen LogP contribution in [-0.4, -0.2) is 0 Å². The lowest BCUT2D eigenvalue weighted by atomic mass is 10.1. The summed E-state index contributed by atoms with van der Waals surface area (Å²) in [6.07, 6.45) is 0.684. The monoisotopic (exact) mass is 211 g/mol. The molecule has 0 spiro atoms. The van der Waals surface area contributed by atoms with E-state index in [-0.39, 0.29) is 11.6 Å². The molecule has 1 heterocycles. The largest absolute Gasteiger partial charge is 0.456 e. The Labute approximate surface area is 85.7 Å². The summed E-state index contributed by atoms with van der Waals surface area (Å²) in [5.74, 6) is -0.825. The minimum Gasteiger partial charge on any atom is -0.456 e. The van der Waals surface area contributed by atoms with Crippen molar-refractivity contribution in [2.24, 2.45) is 5.73 Å². The van der Waals surface area contributed by atoms with Crippen LogP contribution < -0.4 is 5.73 Å². The first-order valence-corrected chi connectivity index (χ1v) is 4.76. The lowest BCUT2D eigenvalue weighted by Crippen LogP contribution is -2.06. The summed E-state index contributed by atoms with van der Waals surface area (Å²) in [5.41, 5.74) is 5.80. The third-order valence-electron chi connectivity index (χ3n) is 2.36. The van der Waals surface area contributed by atoms with Gasteiger partial charge in [-0.2, -0.15) is 0 Å². The Hall–Kier alpha value is -1.42. The van der Waals surface area contributed by atoms with Gasteiger partial charge in [-0.1, -0.05) is 6.92 Å². The zero-order valence-corrected chi connectivity index (χ0v) is 8.26. The van der Waals surface area contributed by atoms with Crippen LogP contribution in [0.3, 0.4) is 0 Å². The topological polar surface area (TPSA) is 39.2 Å². The Balaban J connectivity index is 2.60. The molecular formula is C11H11F2NO. The molecule has 1 unspecified atom stereocenters. The van der Waals surface area contributed by atoms with Gasteiger partial charge < -0.3 is 10.2 Å². The van der Waals surface area contributed by atoms with E-state index in [0.29, 0.717) is 17.6 Å². The van der Waals surface area contributed by atoms with E-state index in [0.717, 1.165) is 6.07 Å². The smallest absolute Gasteiger partial charge is 0.170 e. The molecule has 2 N–H and O–H groups in total. The van der Waals surface area contributed by atoms with Crippen LogP contribution in [0.25, 0.3) is 11.0 Å². The maximum absolute atomic E-state index is 13.3. The van der Waals surface area contributed by atoms with Crippen molar-refractivity contribution in [2.45, 2.75) is 19.4 Å². The molecule has 2 nitrogen and oxygen atoms in total. The first kappa shape index (κ1) is 10.1. The molecule has 0 aliphatic carbocycles. The van der Waals surface area contributed by atoms with Gasteiger partial charge in [0, 0.05) is 11.5 Å². The molecule has 0 saturated carbocycles. The molecule has 0 aliphatic heterocycles. The summed E-state index contributed by atoms with van der Waals surface area (Å²) in [6.45, 7) is 1.90. The standard InChI is InChI=1S/C11H11F2NO/c1-2-9(14)10-4-6-3-7(12)5-8(13)11(6)15-10/h3-5,9H,2,14H2,1H3. The second kappa shape index (κ2) is 3.62. The summed E-state index contributed by atoms with van der Waals surface area (Å²) in [4.78, 5) is 0. The van der Waals surface area contributed by atoms with Crippen LogP contribution in [0.15, 0.2) is 22.6 Å². The average molecular weight is 211 g/mol. The number of furan rings is 1. The van der Waals surface area contributed by atoms with Crippen LogP contribution in [0.5, 0.6) is 0 Å². The van der Waals surface area contributed by atoms with Crippen LogP contribution in [0.4, 0.5) is 8.78 Å². The van der Waals surface area contributed by atoms with Crippen LogP contribution in [-0.2, 0) is 0 Å². The molecule has 0 aliphatic rings. The number of hydrogen-bond donors (Lipinski definition) is 1. The lowest BCUT2D eigenvalue weighted by Gasteiger charge is -2.02. The second-order valence-corrected chi connectivity index (χ2v) is 3.47. The van der Waals surface area contributed by atoms with Gasteiger partial charge in [-0.15, -0.1) is 0 Å². The molecule has 1 aromatic carbocycles. The van der Waals surface area contributed by atoms with Gasteiger partial charge in [0.25, 0.3) is 0 Å². The summed E-state index contributed by atoms with van der Waals surface area (Å²) in [6, 6.07) is 3.33. The van der Waals surface area contributed by atoms with Crippen LogP contribution >= 0.6 is 0 Å². The highest BCUT2D eigenvalue weighted by Gasteiger charge is 2.13. The predicted molar refractivity (Wildman–Crippen MR) is 53.3 cm³/mol. The summed E-state index contributed by atoms with van der Waals surface area (Å²) >= 11 is 0. The first-order valence-electron chi connectivity index (χ1n) is 4.76. The molecule has 0 fully saturated rings. The van der Waals surface area contributed by atoms with Gasteiger partial charge in [0.2, 0.25) is 0 Å². The SMILES string of the molecule is CCC(N)c1cc2cc(F)cc(F)c2o1. The third kappa shape index (κ3) is 1.72. The molecule has 0 bridgehead atoms. The van der Waals surface area contributed by atoms with Crippen LogP contribution in [0.2, 0.25) is 0 Å². The van der Waals surface area contributed by atoms with Gasteiger partial charge in [-0.25, -0.2) is 8.78 Å². The zero-order valence-electron chi connectivity index (χ0n) is 8.26. The minimum absolute atomic E-state index is 0.0651. The Kier molecular flexibility index (Phi) is 2.44. The van der Waals surface area contributed by atoms with E-state index >= 15 is 0 Å². The van der Waals surface area contributed by atoms with E-state index in [9.17, 15) is 8.78 Å². The number of rotatable bonds is 2. The molecule has 4 heteroatoms. The molecular weight excluding hydrogens is 200 g/mol. The quantitative estimate of drug-likeness (QED) is 0.828. The van der Waals surface area contributed by atoms with Gasteiger partial charge in [-0.05, 0) is 18.6 Å². The van der Waals surface area contributed by atoms with Crippen LogP contribution in [0, 0.1) is 11.6 Å². The molecule has 0 radical (unpaired) electrons. The molecule has 0 amide bonds. The van der Waals surface area contributed by atoms with E-state index < -0.39 is 11.6 Å². The van der Waals surface area contributed by atoms with Crippen molar-refractivity contribution in [1.82, 2.24) is 0 Å². The lowest BCUT2D eigenvalue weighted by molar-refractivity contribution is 0.472. The fourth-order valence-electron chi connectivity index (χ4n) is 1.48. The van der Waals surface area contributed by atoms with Crippen molar-refractivity contribution < 1.29 is 13.2 Å².